The molecule has 7 heteroatoms. The lowest BCUT2D eigenvalue weighted by Crippen LogP contribution is -2.61. The molecule has 4 aliphatic rings. The number of hydrogen-bond acceptors (Lipinski definition) is 6. The molecule has 7 atom stereocenters. The maximum Gasteiger partial charge on any atom is 0.314 e. The summed E-state index contributed by atoms with van der Waals surface area (Å²) in [5, 5.41) is 13.5. The van der Waals surface area contributed by atoms with Crippen molar-refractivity contribution in [2.75, 3.05) is 25.5 Å². The number of aliphatic hydroxyl groups is 1. The van der Waals surface area contributed by atoms with Crippen LogP contribution in [0, 0.1) is 17.8 Å². The lowest BCUT2D eigenvalue weighted by atomic mass is 9.64. The second kappa shape index (κ2) is 6.27. The molecular weight excluding hydrogens is 360 g/mol. The summed E-state index contributed by atoms with van der Waals surface area (Å²) in [5.41, 5.74) is 1.36. The zero-order chi connectivity index (χ0) is 19.6. The van der Waals surface area contributed by atoms with Gasteiger partial charge in [-0.25, -0.2) is 0 Å². The molecule has 0 bridgehead atoms. The molecule has 0 aromatic heterocycles. The summed E-state index contributed by atoms with van der Waals surface area (Å²) in [7, 11) is 1.34. The number of anilines is 1. The van der Waals surface area contributed by atoms with Gasteiger partial charge in [0.15, 0.2) is 6.29 Å². The number of hydrogen-bond donors (Lipinski definition) is 2. The summed E-state index contributed by atoms with van der Waals surface area (Å²) in [6.07, 6.45) is 0.109. The fraction of sp³-hybridized carbons (Fsp3) is 0.619. The highest BCUT2D eigenvalue weighted by Gasteiger charge is 2.62. The number of carbonyl (C=O) groups excluding carboxylic acids is 2. The molecule has 0 unspecified atom stereocenters. The Morgan fingerprint density at radius 3 is 2.93 bits per heavy atom. The number of carbonyl (C=O) groups is 2. The van der Waals surface area contributed by atoms with E-state index >= 15 is 0 Å². The number of aliphatic hydroxyl groups excluding tert-OH is 1. The van der Waals surface area contributed by atoms with Gasteiger partial charge in [0.05, 0.1) is 18.6 Å². The van der Waals surface area contributed by atoms with Crippen molar-refractivity contribution in [1.82, 2.24) is 4.90 Å². The van der Waals surface area contributed by atoms with E-state index in [0.717, 1.165) is 30.8 Å². The fourth-order valence-corrected chi connectivity index (χ4v) is 6.23. The van der Waals surface area contributed by atoms with Gasteiger partial charge in [-0.1, -0.05) is 18.2 Å². The van der Waals surface area contributed by atoms with Gasteiger partial charge < -0.3 is 19.9 Å². The van der Waals surface area contributed by atoms with E-state index in [4.69, 9.17) is 9.47 Å². The first-order valence-electron chi connectivity index (χ1n) is 10.0. The molecule has 1 amide bonds. The van der Waals surface area contributed by atoms with Gasteiger partial charge in [0.2, 0.25) is 5.91 Å². The number of amides is 1. The van der Waals surface area contributed by atoms with E-state index in [1.807, 2.05) is 31.2 Å². The highest BCUT2D eigenvalue weighted by Crippen LogP contribution is 2.54. The van der Waals surface area contributed by atoms with Crippen LogP contribution in [0.5, 0.6) is 0 Å². The van der Waals surface area contributed by atoms with Crippen molar-refractivity contribution in [2.24, 2.45) is 17.8 Å². The van der Waals surface area contributed by atoms with Crippen LogP contribution in [0.15, 0.2) is 24.3 Å². The number of nitrogens with zero attached hydrogens (tertiary/aromatic N) is 1. The van der Waals surface area contributed by atoms with E-state index in [2.05, 4.69) is 10.2 Å². The Bertz CT molecular complexity index is 829. The highest BCUT2D eigenvalue weighted by molar-refractivity contribution is 6.07. The second-order valence-electron chi connectivity index (χ2n) is 8.58. The minimum absolute atomic E-state index is 0.00190. The number of para-hydroxylation sites is 1. The highest BCUT2D eigenvalue weighted by atomic mass is 16.6. The first kappa shape index (κ1) is 18.1. The van der Waals surface area contributed by atoms with Gasteiger partial charge in [0, 0.05) is 24.2 Å². The van der Waals surface area contributed by atoms with Crippen LogP contribution in [0.2, 0.25) is 0 Å². The molecule has 3 saturated heterocycles. The fourth-order valence-electron chi connectivity index (χ4n) is 6.23. The zero-order valence-corrected chi connectivity index (χ0v) is 16.1. The van der Waals surface area contributed by atoms with Crippen molar-refractivity contribution in [3.8, 4) is 0 Å². The van der Waals surface area contributed by atoms with E-state index in [-0.39, 0.29) is 29.9 Å². The molecule has 0 saturated carbocycles. The topological polar surface area (TPSA) is 88.1 Å². The molecule has 7 nitrogen and oxygen atoms in total. The van der Waals surface area contributed by atoms with Crippen LogP contribution in [0.3, 0.4) is 0 Å². The van der Waals surface area contributed by atoms with Gasteiger partial charge in [-0.15, -0.1) is 0 Å². The lowest BCUT2D eigenvalue weighted by molar-refractivity contribution is -0.244. The molecule has 0 radical (unpaired) electrons. The van der Waals surface area contributed by atoms with Gasteiger partial charge in [-0.3, -0.25) is 14.5 Å². The van der Waals surface area contributed by atoms with Crippen molar-refractivity contribution in [3.63, 3.8) is 0 Å². The summed E-state index contributed by atoms with van der Waals surface area (Å²) < 4.78 is 10.7. The number of esters is 1. The number of methoxy groups -OCH3 is 1. The van der Waals surface area contributed by atoms with Gasteiger partial charge >= 0.3 is 5.97 Å². The van der Waals surface area contributed by atoms with E-state index in [0.29, 0.717) is 6.42 Å². The van der Waals surface area contributed by atoms with Crippen LogP contribution in [-0.2, 0) is 24.5 Å². The molecule has 4 aliphatic heterocycles. The number of piperidine rings is 1. The molecule has 1 spiro atoms. The number of fused-ring (bicyclic) bond motifs is 5. The Morgan fingerprint density at radius 2 is 2.14 bits per heavy atom. The number of benzene rings is 1. The molecular formula is C21H26N2O5. The molecule has 28 heavy (non-hydrogen) atoms. The Labute approximate surface area is 164 Å². The molecule has 5 rings (SSSR count). The van der Waals surface area contributed by atoms with Crippen LogP contribution >= 0.6 is 0 Å². The van der Waals surface area contributed by atoms with Crippen molar-refractivity contribution in [1.29, 1.82) is 0 Å². The van der Waals surface area contributed by atoms with Crippen molar-refractivity contribution >= 4 is 17.6 Å². The number of nitrogens with one attached hydrogen (secondary N) is 1. The summed E-state index contributed by atoms with van der Waals surface area (Å²) in [5.74, 6) is -1.06. The minimum atomic E-state index is -1.17. The zero-order valence-electron chi connectivity index (χ0n) is 16.1. The SMILES string of the molecule is COC(=O)[C@@H]1[C@@H]2C[C@@H]3N(CC[C@]34C(=O)Nc3ccccc34)C[C@@H]2[C@H](C)O[C@H]1O. The number of ether oxygens (including phenoxy) is 2. The first-order valence-corrected chi connectivity index (χ1v) is 10.0. The lowest BCUT2D eigenvalue weighted by Gasteiger charge is -2.51. The third kappa shape index (κ3) is 2.27. The maximum absolute atomic E-state index is 13.2. The Balaban J connectivity index is 1.54. The van der Waals surface area contributed by atoms with Gasteiger partial charge in [-0.2, -0.15) is 0 Å². The van der Waals surface area contributed by atoms with Crippen LogP contribution < -0.4 is 5.32 Å². The van der Waals surface area contributed by atoms with Crippen LogP contribution in [0.4, 0.5) is 5.69 Å². The van der Waals surface area contributed by atoms with Crippen molar-refractivity contribution < 1.29 is 24.2 Å². The predicted molar refractivity (Wildman–Crippen MR) is 100 cm³/mol. The summed E-state index contributed by atoms with van der Waals surface area (Å²) >= 11 is 0. The van der Waals surface area contributed by atoms with E-state index in [9.17, 15) is 14.7 Å². The quantitative estimate of drug-likeness (QED) is 0.703. The Morgan fingerprint density at radius 1 is 1.36 bits per heavy atom. The summed E-state index contributed by atoms with van der Waals surface area (Å²) in [6, 6.07) is 7.91. The van der Waals surface area contributed by atoms with Crippen molar-refractivity contribution in [2.45, 2.75) is 43.6 Å². The second-order valence-corrected chi connectivity index (χ2v) is 8.58. The maximum atomic E-state index is 13.2. The largest absolute Gasteiger partial charge is 0.469 e. The van der Waals surface area contributed by atoms with Crippen LogP contribution in [0.1, 0.15) is 25.3 Å². The average Bonchev–Trinajstić information content (AvgIpc) is 3.20. The van der Waals surface area contributed by atoms with Crippen molar-refractivity contribution in [3.05, 3.63) is 29.8 Å². The van der Waals surface area contributed by atoms with Crippen LogP contribution in [-0.4, -0.2) is 60.5 Å². The molecule has 0 aliphatic carbocycles. The average molecular weight is 386 g/mol. The van der Waals surface area contributed by atoms with Gasteiger partial charge in [-0.05, 0) is 43.9 Å². The van der Waals surface area contributed by atoms with E-state index in [1.54, 1.807) is 0 Å². The Kier molecular flexibility index (Phi) is 4.05. The third-order valence-corrected chi connectivity index (χ3v) is 7.55. The molecule has 3 fully saturated rings. The van der Waals surface area contributed by atoms with E-state index < -0.39 is 23.6 Å². The minimum Gasteiger partial charge on any atom is -0.469 e. The normalized spacial score (nSPS) is 41.9. The molecule has 150 valence electrons. The third-order valence-electron chi connectivity index (χ3n) is 7.55. The van der Waals surface area contributed by atoms with Crippen LogP contribution in [0.25, 0.3) is 0 Å². The van der Waals surface area contributed by atoms with Gasteiger partial charge in [0.25, 0.3) is 0 Å². The molecule has 1 aromatic rings. The summed E-state index contributed by atoms with van der Waals surface area (Å²) in [6.45, 7) is 3.56. The first-order chi connectivity index (χ1) is 13.5. The Hall–Kier alpha value is -1.96. The predicted octanol–water partition coefficient (Wildman–Crippen LogP) is 1.11. The van der Waals surface area contributed by atoms with Gasteiger partial charge in [0.1, 0.15) is 5.92 Å². The summed E-state index contributed by atoms with van der Waals surface area (Å²) in [4.78, 5) is 28.0. The standard InChI is InChI=1S/C21H26N2O5/c1-11-13-10-23-8-7-21(14-5-3-4-6-15(14)22-20(21)26)16(23)9-12(13)17(18(24)27-2)19(25)28-11/h3-6,11-13,16-17,19,25H,7-10H2,1-2H3,(H,22,26)/t11-,12+,13+,16-,17-,19+,21+/m0/s1. The smallest absolute Gasteiger partial charge is 0.314 e. The molecule has 1 aromatic carbocycles. The molecule has 4 heterocycles. The number of rotatable bonds is 1. The monoisotopic (exact) mass is 386 g/mol. The van der Waals surface area contributed by atoms with E-state index in [1.165, 1.54) is 7.11 Å². The molecule has 2 N–H and O–H groups in total.